The van der Waals surface area contributed by atoms with Gasteiger partial charge in [-0.05, 0) is 63.1 Å². The summed E-state index contributed by atoms with van der Waals surface area (Å²) in [5.74, 6) is 0.986. The zero-order valence-electron chi connectivity index (χ0n) is 16.7. The van der Waals surface area contributed by atoms with Crippen molar-refractivity contribution < 1.29 is 9.53 Å². The van der Waals surface area contributed by atoms with Gasteiger partial charge in [0.15, 0.2) is 5.78 Å². The molecule has 0 saturated heterocycles. The highest BCUT2D eigenvalue weighted by Gasteiger charge is 2.13. The molecule has 0 bridgehead atoms. The average molecular weight is 377 g/mol. The fraction of sp³-hybridized carbons (Fsp3) is 0.333. The maximum Gasteiger partial charge on any atom is 0.161 e. The van der Waals surface area contributed by atoms with Gasteiger partial charge in [-0.2, -0.15) is 0 Å². The van der Waals surface area contributed by atoms with E-state index in [1.54, 1.807) is 6.92 Å². The first-order chi connectivity index (χ1) is 13.7. The summed E-state index contributed by atoms with van der Waals surface area (Å²) in [7, 11) is 0. The fourth-order valence-corrected chi connectivity index (χ4v) is 3.44. The van der Waals surface area contributed by atoms with Crippen LogP contribution in [0, 0.1) is 6.92 Å². The molecule has 0 fully saturated rings. The largest absolute Gasteiger partial charge is 0.492 e. The second kappa shape index (κ2) is 9.93. The Labute approximate surface area is 166 Å². The number of unbranched alkanes of at least 4 members (excludes halogenated alkanes) is 1. The van der Waals surface area contributed by atoms with Crippen LogP contribution < -0.4 is 5.32 Å². The van der Waals surface area contributed by atoms with Crippen molar-refractivity contribution in [2.75, 3.05) is 19.7 Å². The molecule has 1 N–H and O–H groups in total. The molecule has 4 heteroatoms. The lowest BCUT2D eigenvalue weighted by atomic mass is 10.1. The molecule has 1 aliphatic rings. The molecule has 0 spiro atoms. The summed E-state index contributed by atoms with van der Waals surface area (Å²) in [5, 5.41) is 4.49. The van der Waals surface area contributed by atoms with E-state index in [1.807, 2.05) is 48.7 Å². The zero-order valence-corrected chi connectivity index (χ0v) is 16.7. The number of rotatable bonds is 10. The normalized spacial score (nSPS) is 13.0. The first kappa shape index (κ1) is 19.9. The highest BCUT2D eigenvalue weighted by molar-refractivity contribution is 6.07. The molecular formula is C24H28N2O2. The fourth-order valence-electron chi connectivity index (χ4n) is 3.44. The van der Waals surface area contributed by atoms with Crippen LogP contribution in [0.2, 0.25) is 0 Å². The number of nitrogens with one attached hydrogen (secondary N) is 1. The molecule has 146 valence electrons. The van der Waals surface area contributed by atoms with E-state index in [0.717, 1.165) is 49.2 Å². The van der Waals surface area contributed by atoms with Crippen molar-refractivity contribution in [2.24, 2.45) is 0 Å². The summed E-state index contributed by atoms with van der Waals surface area (Å²) in [6.45, 7) is 7.09. The number of hydrogen-bond acceptors (Lipinski definition) is 3. The molecule has 1 heterocycles. The highest BCUT2D eigenvalue weighted by Crippen LogP contribution is 2.25. The number of Topliss-reactive ketones (excluding diaryl/α,β-unsaturated/α-hetero) is 1. The Morgan fingerprint density at radius 2 is 2.11 bits per heavy atom. The Balaban J connectivity index is 1.40. The number of para-hydroxylation sites is 1. The molecule has 2 aromatic rings. The van der Waals surface area contributed by atoms with E-state index in [0.29, 0.717) is 6.61 Å². The molecule has 1 aliphatic carbocycles. The minimum Gasteiger partial charge on any atom is -0.492 e. The van der Waals surface area contributed by atoms with E-state index in [1.165, 1.54) is 11.1 Å². The summed E-state index contributed by atoms with van der Waals surface area (Å²) in [6.07, 6.45) is 13.6. The monoisotopic (exact) mass is 376 g/mol. The van der Waals surface area contributed by atoms with Gasteiger partial charge in [-0.3, -0.25) is 4.79 Å². The SMILES string of the molecule is CC(=O)c1cn(CCCCNCCOC2=CC=C=CC=C2)c2c(C)cccc12. The predicted octanol–water partition coefficient (Wildman–Crippen LogP) is 4.70. The standard InChI is InChI=1S/C24H28N2O2/c1-19-10-9-13-22-23(20(2)27)18-26(24(19)22)16-8-7-14-25-15-17-28-21-11-5-3-4-6-12-21/h3,5-6,9-13,18,25H,7-8,14-17H2,1-2H3. The van der Waals surface area contributed by atoms with Crippen molar-refractivity contribution in [3.05, 3.63) is 77.4 Å². The Hall–Kier alpha value is -2.81. The highest BCUT2D eigenvalue weighted by atomic mass is 16.5. The smallest absolute Gasteiger partial charge is 0.161 e. The van der Waals surface area contributed by atoms with Crippen LogP contribution in [-0.2, 0) is 11.3 Å². The van der Waals surface area contributed by atoms with Gasteiger partial charge >= 0.3 is 0 Å². The van der Waals surface area contributed by atoms with Gasteiger partial charge in [0.25, 0.3) is 0 Å². The molecule has 0 unspecified atom stereocenters. The lowest BCUT2D eigenvalue weighted by Gasteiger charge is -2.09. The number of ether oxygens (including phenoxy) is 1. The van der Waals surface area contributed by atoms with Crippen LogP contribution in [0.15, 0.2) is 66.3 Å². The van der Waals surface area contributed by atoms with E-state index in [-0.39, 0.29) is 5.78 Å². The molecule has 0 aliphatic heterocycles. The number of aromatic nitrogens is 1. The number of aryl methyl sites for hydroxylation is 2. The van der Waals surface area contributed by atoms with Gasteiger partial charge < -0.3 is 14.6 Å². The summed E-state index contributed by atoms with van der Waals surface area (Å²) < 4.78 is 7.94. The van der Waals surface area contributed by atoms with Crippen molar-refractivity contribution in [3.8, 4) is 0 Å². The van der Waals surface area contributed by atoms with Gasteiger partial charge in [0.05, 0.1) is 5.52 Å². The van der Waals surface area contributed by atoms with Gasteiger partial charge in [-0.15, -0.1) is 5.73 Å². The Kier molecular flexibility index (Phi) is 7.07. The quantitative estimate of drug-likeness (QED) is 0.371. The van der Waals surface area contributed by atoms with Crippen LogP contribution in [0.3, 0.4) is 0 Å². The summed E-state index contributed by atoms with van der Waals surface area (Å²) in [6, 6.07) is 6.17. The molecule has 0 atom stereocenters. The molecular weight excluding hydrogens is 348 g/mol. The van der Waals surface area contributed by atoms with Crippen LogP contribution in [0.1, 0.15) is 35.7 Å². The molecule has 1 aromatic heterocycles. The van der Waals surface area contributed by atoms with Crippen molar-refractivity contribution in [3.63, 3.8) is 0 Å². The van der Waals surface area contributed by atoms with Crippen LogP contribution in [-0.4, -0.2) is 30.0 Å². The zero-order chi connectivity index (χ0) is 19.8. The molecule has 0 saturated carbocycles. The van der Waals surface area contributed by atoms with Crippen LogP contribution in [0.25, 0.3) is 10.9 Å². The second-order valence-electron chi connectivity index (χ2n) is 7.00. The maximum absolute atomic E-state index is 11.9. The number of nitrogens with zero attached hydrogens (tertiary/aromatic N) is 1. The summed E-state index contributed by atoms with van der Waals surface area (Å²) in [4.78, 5) is 11.9. The number of benzene rings is 1. The number of ketones is 1. The van der Waals surface area contributed by atoms with Crippen LogP contribution in [0.4, 0.5) is 0 Å². The van der Waals surface area contributed by atoms with Gasteiger partial charge in [-0.1, -0.05) is 24.3 Å². The van der Waals surface area contributed by atoms with E-state index >= 15 is 0 Å². The molecule has 28 heavy (non-hydrogen) atoms. The number of allylic oxidation sites excluding steroid dienone is 4. The Morgan fingerprint density at radius 1 is 1.21 bits per heavy atom. The van der Waals surface area contributed by atoms with E-state index in [2.05, 4.69) is 28.6 Å². The summed E-state index contributed by atoms with van der Waals surface area (Å²) >= 11 is 0. The van der Waals surface area contributed by atoms with Gasteiger partial charge in [0.2, 0.25) is 0 Å². The van der Waals surface area contributed by atoms with Crippen molar-refractivity contribution in [1.29, 1.82) is 0 Å². The number of hydrogen-bond donors (Lipinski definition) is 1. The predicted molar refractivity (Wildman–Crippen MR) is 115 cm³/mol. The molecule has 1 aromatic carbocycles. The van der Waals surface area contributed by atoms with Gasteiger partial charge in [0, 0.05) is 30.2 Å². The molecule has 3 rings (SSSR count). The van der Waals surface area contributed by atoms with Crippen molar-refractivity contribution in [1.82, 2.24) is 9.88 Å². The van der Waals surface area contributed by atoms with Crippen molar-refractivity contribution >= 4 is 16.7 Å². The van der Waals surface area contributed by atoms with E-state index in [9.17, 15) is 4.79 Å². The third-order valence-electron chi connectivity index (χ3n) is 4.83. The lowest BCUT2D eigenvalue weighted by molar-refractivity contribution is 0.101. The Bertz CT molecular complexity index is 956. The van der Waals surface area contributed by atoms with Gasteiger partial charge in [0.1, 0.15) is 12.4 Å². The van der Waals surface area contributed by atoms with Gasteiger partial charge in [-0.25, -0.2) is 0 Å². The average Bonchev–Trinajstić information content (AvgIpc) is 2.86. The number of fused-ring (bicyclic) bond motifs is 1. The van der Waals surface area contributed by atoms with Crippen molar-refractivity contribution in [2.45, 2.75) is 33.2 Å². The number of carbonyl (C=O) groups is 1. The number of carbonyl (C=O) groups excluding carboxylic acids is 1. The minimum absolute atomic E-state index is 0.126. The topological polar surface area (TPSA) is 43.3 Å². The van der Waals surface area contributed by atoms with Crippen LogP contribution in [0.5, 0.6) is 0 Å². The van der Waals surface area contributed by atoms with E-state index < -0.39 is 0 Å². The first-order valence-electron chi connectivity index (χ1n) is 9.89. The van der Waals surface area contributed by atoms with E-state index in [4.69, 9.17) is 4.74 Å². The molecule has 4 nitrogen and oxygen atoms in total. The Morgan fingerprint density at radius 3 is 2.96 bits per heavy atom. The molecule has 0 amide bonds. The minimum atomic E-state index is 0.126. The summed E-state index contributed by atoms with van der Waals surface area (Å²) in [5.41, 5.74) is 6.23. The molecule has 0 radical (unpaired) electrons. The van der Waals surface area contributed by atoms with Crippen LogP contribution >= 0.6 is 0 Å². The third kappa shape index (κ3) is 5.13. The second-order valence-corrected chi connectivity index (χ2v) is 7.00. The lowest BCUT2D eigenvalue weighted by Crippen LogP contribution is -2.21. The first-order valence-corrected chi connectivity index (χ1v) is 9.89. The maximum atomic E-state index is 11.9. The third-order valence-corrected chi connectivity index (χ3v) is 4.83.